The number of amides is 1. The molecule has 1 atom stereocenters. The van der Waals surface area contributed by atoms with Gasteiger partial charge in [-0.2, -0.15) is 0 Å². The molecule has 1 aliphatic rings. The zero-order valence-electron chi connectivity index (χ0n) is 13.3. The maximum absolute atomic E-state index is 12.5. The van der Waals surface area contributed by atoms with Gasteiger partial charge in [0, 0.05) is 24.0 Å². The van der Waals surface area contributed by atoms with E-state index in [1.54, 1.807) is 0 Å². The number of carbonyl (C=O) groups excluding carboxylic acids is 1. The minimum atomic E-state index is -0.0198. The van der Waals surface area contributed by atoms with Gasteiger partial charge in [-0.3, -0.25) is 4.79 Å². The average Bonchev–Trinajstić information content (AvgIpc) is 3.05. The summed E-state index contributed by atoms with van der Waals surface area (Å²) in [5, 5.41) is 2.67. The van der Waals surface area contributed by atoms with Crippen LogP contribution in [0.2, 0.25) is 0 Å². The molecule has 0 bridgehead atoms. The molecule has 23 heavy (non-hydrogen) atoms. The van der Waals surface area contributed by atoms with Gasteiger partial charge in [-0.15, -0.1) is 11.3 Å². The minimum Gasteiger partial charge on any atom is -0.494 e. The zero-order chi connectivity index (χ0) is 16.2. The third-order valence-electron chi connectivity index (χ3n) is 3.66. The van der Waals surface area contributed by atoms with Crippen molar-refractivity contribution in [2.24, 2.45) is 0 Å². The van der Waals surface area contributed by atoms with Crippen molar-refractivity contribution >= 4 is 17.2 Å². The Morgan fingerprint density at radius 2 is 2.22 bits per heavy atom. The fourth-order valence-corrected chi connectivity index (χ4v) is 3.33. The van der Waals surface area contributed by atoms with Gasteiger partial charge in [-0.1, -0.05) is 0 Å². The van der Waals surface area contributed by atoms with Crippen LogP contribution in [0.3, 0.4) is 0 Å². The van der Waals surface area contributed by atoms with Crippen LogP contribution >= 0.6 is 11.3 Å². The highest BCUT2D eigenvalue weighted by Crippen LogP contribution is 2.26. The molecule has 0 spiro atoms. The van der Waals surface area contributed by atoms with E-state index in [-0.39, 0.29) is 12.0 Å². The molecule has 1 saturated heterocycles. The van der Waals surface area contributed by atoms with Gasteiger partial charge < -0.3 is 14.4 Å². The molecule has 3 rings (SSSR count). The number of benzene rings is 1. The molecule has 0 N–H and O–H groups in total. The summed E-state index contributed by atoms with van der Waals surface area (Å²) in [6.45, 7) is 6.41. The normalized spacial score (nSPS) is 18.0. The van der Waals surface area contributed by atoms with E-state index in [4.69, 9.17) is 9.47 Å². The standard InChI is InChI=1S/C17H20N2O3S/c1-3-21-14-6-4-13(5-7-14)16-18-15(11-23-16)17(20)19-8-9-22-12(2)10-19/h4-7,11-12H,3,8-10H2,1-2H3. The second-order valence-electron chi connectivity index (χ2n) is 5.43. The number of morpholine rings is 1. The molecule has 1 fully saturated rings. The first kappa shape index (κ1) is 16.0. The number of nitrogens with zero attached hydrogens (tertiary/aromatic N) is 2. The summed E-state index contributed by atoms with van der Waals surface area (Å²) in [5.41, 5.74) is 1.50. The summed E-state index contributed by atoms with van der Waals surface area (Å²) >= 11 is 1.48. The van der Waals surface area contributed by atoms with Crippen LogP contribution in [0.5, 0.6) is 5.75 Å². The Morgan fingerprint density at radius 3 is 2.91 bits per heavy atom. The van der Waals surface area contributed by atoms with Crippen LogP contribution in [0.4, 0.5) is 0 Å². The zero-order valence-corrected chi connectivity index (χ0v) is 14.1. The van der Waals surface area contributed by atoms with Crippen LogP contribution in [0.25, 0.3) is 10.6 Å². The molecule has 2 heterocycles. The Kier molecular flexibility index (Phi) is 4.93. The first-order valence-electron chi connectivity index (χ1n) is 7.77. The van der Waals surface area contributed by atoms with Crippen LogP contribution in [0.1, 0.15) is 24.3 Å². The second kappa shape index (κ2) is 7.10. The van der Waals surface area contributed by atoms with E-state index >= 15 is 0 Å². The fourth-order valence-electron chi connectivity index (χ4n) is 2.53. The van der Waals surface area contributed by atoms with Crippen molar-refractivity contribution in [2.45, 2.75) is 20.0 Å². The van der Waals surface area contributed by atoms with Crippen LogP contribution < -0.4 is 4.74 Å². The van der Waals surface area contributed by atoms with Gasteiger partial charge in [0.05, 0.1) is 19.3 Å². The van der Waals surface area contributed by atoms with E-state index < -0.39 is 0 Å². The number of carbonyl (C=O) groups is 1. The van der Waals surface area contributed by atoms with Crippen molar-refractivity contribution in [1.29, 1.82) is 0 Å². The number of rotatable bonds is 4. The molecule has 1 aromatic carbocycles. The Bertz CT molecular complexity index is 669. The van der Waals surface area contributed by atoms with Crippen molar-refractivity contribution in [3.63, 3.8) is 0 Å². The second-order valence-corrected chi connectivity index (χ2v) is 6.29. The van der Waals surface area contributed by atoms with Gasteiger partial charge >= 0.3 is 0 Å². The molecule has 0 saturated carbocycles. The van der Waals surface area contributed by atoms with E-state index in [9.17, 15) is 4.79 Å². The van der Waals surface area contributed by atoms with E-state index in [0.717, 1.165) is 16.3 Å². The maximum atomic E-state index is 12.5. The van der Waals surface area contributed by atoms with Crippen molar-refractivity contribution in [2.75, 3.05) is 26.3 Å². The van der Waals surface area contributed by atoms with Gasteiger partial charge in [-0.25, -0.2) is 4.98 Å². The Balaban J connectivity index is 1.73. The number of aromatic nitrogens is 1. The molecular formula is C17H20N2O3S. The van der Waals surface area contributed by atoms with Crippen LogP contribution in [-0.4, -0.2) is 48.2 Å². The third kappa shape index (κ3) is 3.71. The summed E-state index contributed by atoms with van der Waals surface area (Å²) < 4.78 is 10.9. The predicted octanol–water partition coefficient (Wildman–Crippen LogP) is 3.07. The van der Waals surface area contributed by atoms with Gasteiger partial charge in [0.15, 0.2) is 0 Å². The van der Waals surface area contributed by atoms with Crippen LogP contribution in [0.15, 0.2) is 29.6 Å². The number of ether oxygens (including phenoxy) is 2. The summed E-state index contributed by atoms with van der Waals surface area (Å²) in [5.74, 6) is 0.819. The van der Waals surface area contributed by atoms with Crippen LogP contribution in [-0.2, 0) is 4.74 Å². The lowest BCUT2D eigenvalue weighted by atomic mass is 10.2. The summed E-state index contributed by atoms with van der Waals surface area (Å²) in [7, 11) is 0. The summed E-state index contributed by atoms with van der Waals surface area (Å²) in [4.78, 5) is 18.8. The molecule has 0 aliphatic carbocycles. The van der Waals surface area contributed by atoms with Gasteiger partial charge in [0.1, 0.15) is 16.5 Å². The molecule has 6 heteroatoms. The molecule has 1 amide bonds. The highest BCUT2D eigenvalue weighted by Gasteiger charge is 2.24. The van der Waals surface area contributed by atoms with Crippen molar-refractivity contribution in [3.05, 3.63) is 35.3 Å². The van der Waals surface area contributed by atoms with E-state index in [1.165, 1.54) is 11.3 Å². The largest absolute Gasteiger partial charge is 0.494 e. The Hall–Kier alpha value is -1.92. The Labute approximate surface area is 139 Å². The summed E-state index contributed by atoms with van der Waals surface area (Å²) in [6.07, 6.45) is 0.0805. The van der Waals surface area contributed by atoms with Gasteiger partial charge in [-0.05, 0) is 38.1 Å². The quantitative estimate of drug-likeness (QED) is 0.863. The van der Waals surface area contributed by atoms with Gasteiger partial charge in [0.25, 0.3) is 5.91 Å². The molecule has 5 nitrogen and oxygen atoms in total. The fraction of sp³-hybridized carbons (Fsp3) is 0.412. The molecule has 1 aliphatic heterocycles. The lowest BCUT2D eigenvalue weighted by Gasteiger charge is -2.30. The topological polar surface area (TPSA) is 51.7 Å². The molecule has 0 radical (unpaired) electrons. The van der Waals surface area contributed by atoms with E-state index in [0.29, 0.717) is 32.0 Å². The minimum absolute atomic E-state index is 0.0198. The van der Waals surface area contributed by atoms with Gasteiger partial charge in [0.2, 0.25) is 0 Å². The predicted molar refractivity (Wildman–Crippen MR) is 90.0 cm³/mol. The number of hydrogen-bond donors (Lipinski definition) is 0. The molecular weight excluding hydrogens is 312 g/mol. The smallest absolute Gasteiger partial charge is 0.273 e. The molecule has 1 unspecified atom stereocenters. The maximum Gasteiger partial charge on any atom is 0.273 e. The average molecular weight is 332 g/mol. The van der Waals surface area contributed by atoms with Crippen molar-refractivity contribution in [3.8, 4) is 16.3 Å². The van der Waals surface area contributed by atoms with Crippen molar-refractivity contribution in [1.82, 2.24) is 9.88 Å². The molecule has 122 valence electrons. The molecule has 2 aromatic rings. The highest BCUT2D eigenvalue weighted by molar-refractivity contribution is 7.13. The number of hydrogen-bond acceptors (Lipinski definition) is 5. The third-order valence-corrected chi connectivity index (χ3v) is 4.56. The van der Waals surface area contributed by atoms with E-state index in [2.05, 4.69) is 4.98 Å². The number of thiazole rings is 1. The van der Waals surface area contributed by atoms with Crippen LogP contribution in [0, 0.1) is 0 Å². The molecule has 1 aromatic heterocycles. The summed E-state index contributed by atoms with van der Waals surface area (Å²) in [6, 6.07) is 7.78. The first-order valence-corrected chi connectivity index (χ1v) is 8.65. The lowest BCUT2D eigenvalue weighted by molar-refractivity contribution is -0.0126. The SMILES string of the molecule is CCOc1ccc(-c2nc(C(=O)N3CCOC(C)C3)cs2)cc1. The lowest BCUT2D eigenvalue weighted by Crippen LogP contribution is -2.44. The first-order chi connectivity index (χ1) is 11.2. The Morgan fingerprint density at radius 1 is 1.43 bits per heavy atom. The highest BCUT2D eigenvalue weighted by atomic mass is 32.1. The van der Waals surface area contributed by atoms with E-state index in [1.807, 2.05) is 48.4 Å². The van der Waals surface area contributed by atoms with Crippen molar-refractivity contribution < 1.29 is 14.3 Å². The monoisotopic (exact) mass is 332 g/mol.